The molecule has 130 valence electrons. The minimum atomic E-state index is 1.07. The Balaban J connectivity index is 1.99. The molecule has 4 rings (SSSR count). The highest BCUT2D eigenvalue weighted by atomic mass is 14.9. The van der Waals surface area contributed by atoms with Crippen LogP contribution in [0.1, 0.15) is 25.0 Å². The number of para-hydroxylation sites is 1. The van der Waals surface area contributed by atoms with Crippen molar-refractivity contribution in [3.63, 3.8) is 0 Å². The zero-order chi connectivity index (χ0) is 18.1. The van der Waals surface area contributed by atoms with E-state index in [2.05, 4.69) is 98.3 Å². The van der Waals surface area contributed by atoms with Gasteiger partial charge in [-0.15, -0.1) is 0 Å². The van der Waals surface area contributed by atoms with Crippen LogP contribution in [0.4, 0.5) is 0 Å². The van der Waals surface area contributed by atoms with Gasteiger partial charge in [0.15, 0.2) is 0 Å². The SMILES string of the molecule is CCc1ccc(-c2c(-c3ccc(CC)cc3)n(C)c3ccccc23)cc1. The summed E-state index contributed by atoms with van der Waals surface area (Å²) >= 11 is 0. The van der Waals surface area contributed by atoms with Gasteiger partial charge in [-0.05, 0) is 41.2 Å². The van der Waals surface area contributed by atoms with Crippen molar-refractivity contribution in [2.24, 2.45) is 7.05 Å². The molecule has 0 radical (unpaired) electrons. The van der Waals surface area contributed by atoms with Crippen LogP contribution in [0.15, 0.2) is 72.8 Å². The number of aromatic nitrogens is 1. The Morgan fingerprint density at radius 3 is 1.77 bits per heavy atom. The Labute approximate surface area is 155 Å². The second kappa shape index (κ2) is 6.84. The normalized spacial score (nSPS) is 11.2. The molecule has 0 fully saturated rings. The molecule has 0 bridgehead atoms. The van der Waals surface area contributed by atoms with Crippen LogP contribution in [0.3, 0.4) is 0 Å². The van der Waals surface area contributed by atoms with Crippen LogP contribution in [-0.4, -0.2) is 4.57 Å². The van der Waals surface area contributed by atoms with E-state index >= 15 is 0 Å². The maximum Gasteiger partial charge on any atom is 0.0568 e. The van der Waals surface area contributed by atoms with E-state index < -0.39 is 0 Å². The standard InChI is InChI=1S/C25H25N/c1-4-18-10-14-20(15-11-18)24-22-8-6-7-9-23(22)26(3)25(24)21-16-12-19(5-2)13-17-21/h6-17H,4-5H2,1-3H3. The number of nitrogens with zero attached hydrogens (tertiary/aromatic N) is 1. The lowest BCUT2D eigenvalue weighted by atomic mass is 9.96. The fraction of sp³-hybridized carbons (Fsp3) is 0.200. The summed E-state index contributed by atoms with van der Waals surface area (Å²) in [5.41, 5.74) is 9.21. The van der Waals surface area contributed by atoms with Gasteiger partial charge in [-0.2, -0.15) is 0 Å². The van der Waals surface area contributed by atoms with Crippen LogP contribution >= 0.6 is 0 Å². The Kier molecular flexibility index (Phi) is 4.38. The molecular weight excluding hydrogens is 314 g/mol. The predicted octanol–water partition coefficient (Wildman–Crippen LogP) is 6.64. The van der Waals surface area contributed by atoms with Crippen LogP contribution in [0.2, 0.25) is 0 Å². The van der Waals surface area contributed by atoms with Crippen LogP contribution < -0.4 is 0 Å². The lowest BCUT2D eigenvalue weighted by molar-refractivity contribution is 0.978. The van der Waals surface area contributed by atoms with Crippen LogP contribution in [0.5, 0.6) is 0 Å². The summed E-state index contributed by atoms with van der Waals surface area (Å²) in [6.45, 7) is 4.40. The van der Waals surface area contributed by atoms with Gasteiger partial charge >= 0.3 is 0 Å². The van der Waals surface area contributed by atoms with Crippen molar-refractivity contribution in [1.29, 1.82) is 0 Å². The molecule has 0 aliphatic heterocycles. The van der Waals surface area contributed by atoms with Crippen molar-refractivity contribution in [2.45, 2.75) is 26.7 Å². The molecule has 0 saturated carbocycles. The summed E-state index contributed by atoms with van der Waals surface area (Å²) < 4.78 is 2.33. The molecule has 1 heterocycles. The maximum absolute atomic E-state index is 2.33. The molecule has 0 amide bonds. The average molecular weight is 339 g/mol. The van der Waals surface area contributed by atoms with Crippen LogP contribution in [0.25, 0.3) is 33.3 Å². The van der Waals surface area contributed by atoms with Gasteiger partial charge in [-0.1, -0.05) is 80.6 Å². The van der Waals surface area contributed by atoms with E-state index in [0.29, 0.717) is 0 Å². The van der Waals surface area contributed by atoms with Gasteiger partial charge in [-0.3, -0.25) is 0 Å². The summed E-state index contributed by atoms with van der Waals surface area (Å²) in [6, 6.07) is 26.8. The minimum absolute atomic E-state index is 1.07. The molecule has 0 aliphatic rings. The maximum atomic E-state index is 2.33. The number of hydrogen-bond acceptors (Lipinski definition) is 0. The van der Waals surface area contributed by atoms with E-state index in [4.69, 9.17) is 0 Å². The zero-order valence-corrected chi connectivity index (χ0v) is 15.8. The molecule has 26 heavy (non-hydrogen) atoms. The molecule has 0 aliphatic carbocycles. The molecule has 1 aromatic heterocycles. The van der Waals surface area contributed by atoms with E-state index in [-0.39, 0.29) is 0 Å². The van der Waals surface area contributed by atoms with E-state index in [9.17, 15) is 0 Å². The first-order valence-electron chi connectivity index (χ1n) is 9.49. The topological polar surface area (TPSA) is 4.93 Å². The molecule has 4 aromatic rings. The van der Waals surface area contributed by atoms with Gasteiger partial charge in [0.1, 0.15) is 0 Å². The van der Waals surface area contributed by atoms with Crippen molar-refractivity contribution >= 4 is 10.9 Å². The third-order valence-corrected chi connectivity index (χ3v) is 5.39. The van der Waals surface area contributed by atoms with Gasteiger partial charge in [0.05, 0.1) is 5.69 Å². The molecule has 3 aromatic carbocycles. The van der Waals surface area contributed by atoms with Gasteiger partial charge in [0, 0.05) is 23.5 Å². The summed E-state index contributed by atoms with van der Waals surface area (Å²) in [4.78, 5) is 0. The quantitative estimate of drug-likeness (QED) is 0.393. The zero-order valence-electron chi connectivity index (χ0n) is 15.8. The fourth-order valence-electron chi connectivity index (χ4n) is 3.83. The summed E-state index contributed by atoms with van der Waals surface area (Å²) in [5.74, 6) is 0. The Morgan fingerprint density at radius 1 is 0.654 bits per heavy atom. The van der Waals surface area contributed by atoms with E-state index in [0.717, 1.165) is 12.8 Å². The first-order chi connectivity index (χ1) is 12.7. The first kappa shape index (κ1) is 16.7. The molecule has 0 unspecified atom stereocenters. The highest BCUT2D eigenvalue weighted by Gasteiger charge is 2.17. The van der Waals surface area contributed by atoms with Crippen molar-refractivity contribution in [3.8, 4) is 22.4 Å². The number of aryl methyl sites for hydroxylation is 3. The molecule has 0 N–H and O–H groups in total. The number of rotatable bonds is 4. The molecular formula is C25H25N. The Hall–Kier alpha value is -2.80. The van der Waals surface area contributed by atoms with Crippen LogP contribution in [-0.2, 0) is 19.9 Å². The summed E-state index contributed by atoms with van der Waals surface area (Å²) in [7, 11) is 2.18. The van der Waals surface area contributed by atoms with Gasteiger partial charge in [-0.25, -0.2) is 0 Å². The molecule has 1 nitrogen and oxygen atoms in total. The second-order valence-electron chi connectivity index (χ2n) is 6.90. The lowest BCUT2D eigenvalue weighted by Crippen LogP contribution is -1.93. The van der Waals surface area contributed by atoms with Crippen molar-refractivity contribution in [3.05, 3.63) is 83.9 Å². The van der Waals surface area contributed by atoms with Crippen molar-refractivity contribution in [1.82, 2.24) is 4.57 Å². The summed E-state index contributed by atoms with van der Waals surface area (Å²) in [6.07, 6.45) is 2.14. The van der Waals surface area contributed by atoms with E-state index in [1.807, 2.05) is 0 Å². The smallest absolute Gasteiger partial charge is 0.0568 e. The minimum Gasteiger partial charge on any atom is -0.343 e. The summed E-state index contributed by atoms with van der Waals surface area (Å²) in [5, 5.41) is 1.31. The predicted molar refractivity (Wildman–Crippen MR) is 113 cm³/mol. The highest BCUT2D eigenvalue weighted by molar-refractivity contribution is 6.04. The first-order valence-corrected chi connectivity index (χ1v) is 9.49. The van der Waals surface area contributed by atoms with E-state index in [1.54, 1.807) is 0 Å². The van der Waals surface area contributed by atoms with Crippen molar-refractivity contribution in [2.75, 3.05) is 0 Å². The highest BCUT2D eigenvalue weighted by Crippen LogP contribution is 2.40. The Bertz CT molecular complexity index is 1030. The number of fused-ring (bicyclic) bond motifs is 1. The molecule has 0 atom stereocenters. The van der Waals surface area contributed by atoms with Gasteiger partial charge in [0.25, 0.3) is 0 Å². The number of hydrogen-bond donors (Lipinski definition) is 0. The monoisotopic (exact) mass is 339 g/mol. The van der Waals surface area contributed by atoms with Crippen LogP contribution in [0, 0.1) is 0 Å². The fourth-order valence-corrected chi connectivity index (χ4v) is 3.83. The lowest BCUT2D eigenvalue weighted by Gasteiger charge is -2.10. The Morgan fingerprint density at radius 2 is 1.19 bits per heavy atom. The second-order valence-corrected chi connectivity index (χ2v) is 6.90. The molecule has 0 spiro atoms. The van der Waals surface area contributed by atoms with Crippen molar-refractivity contribution < 1.29 is 0 Å². The van der Waals surface area contributed by atoms with Gasteiger partial charge < -0.3 is 4.57 Å². The van der Waals surface area contributed by atoms with E-state index in [1.165, 1.54) is 44.4 Å². The third-order valence-electron chi connectivity index (χ3n) is 5.39. The third kappa shape index (κ3) is 2.74. The number of benzene rings is 3. The molecule has 1 heteroatoms. The average Bonchev–Trinajstić information content (AvgIpc) is 3.01. The molecule has 0 saturated heterocycles. The largest absolute Gasteiger partial charge is 0.343 e. The van der Waals surface area contributed by atoms with Gasteiger partial charge in [0.2, 0.25) is 0 Å².